The van der Waals surface area contributed by atoms with Crippen molar-refractivity contribution in [1.82, 2.24) is 4.57 Å². The lowest BCUT2D eigenvalue weighted by atomic mass is 10.2. The van der Waals surface area contributed by atoms with Gasteiger partial charge in [-0.3, -0.25) is 0 Å². The molecular formula is C11H11NO4. The van der Waals surface area contributed by atoms with Crippen molar-refractivity contribution in [1.29, 1.82) is 0 Å². The van der Waals surface area contributed by atoms with Gasteiger partial charge in [-0.2, -0.15) is 0 Å². The van der Waals surface area contributed by atoms with E-state index in [1.807, 2.05) is 19.1 Å². The van der Waals surface area contributed by atoms with Gasteiger partial charge in [0.25, 0.3) is 0 Å². The van der Waals surface area contributed by atoms with E-state index in [9.17, 15) is 4.79 Å². The van der Waals surface area contributed by atoms with Gasteiger partial charge in [-0.15, -0.1) is 0 Å². The van der Waals surface area contributed by atoms with Crippen LogP contribution in [0.3, 0.4) is 0 Å². The zero-order valence-corrected chi connectivity index (χ0v) is 8.80. The van der Waals surface area contributed by atoms with Crippen LogP contribution < -0.4 is 5.76 Å². The molecule has 16 heavy (non-hydrogen) atoms. The van der Waals surface area contributed by atoms with Gasteiger partial charge in [0.05, 0.1) is 18.7 Å². The van der Waals surface area contributed by atoms with Gasteiger partial charge in [0.2, 0.25) is 6.41 Å². The fourth-order valence-electron chi connectivity index (χ4n) is 1.94. The van der Waals surface area contributed by atoms with Crippen LogP contribution in [0.1, 0.15) is 12.0 Å². The van der Waals surface area contributed by atoms with E-state index in [0.717, 1.165) is 11.1 Å². The van der Waals surface area contributed by atoms with Crippen LogP contribution in [0.4, 0.5) is 0 Å². The molecule has 0 aliphatic carbocycles. The third-order valence-corrected chi connectivity index (χ3v) is 2.65. The molecule has 2 aromatic rings. The van der Waals surface area contributed by atoms with Gasteiger partial charge in [0.1, 0.15) is 0 Å². The van der Waals surface area contributed by atoms with Crippen molar-refractivity contribution in [2.45, 2.75) is 13.3 Å². The molecule has 0 N–H and O–H groups in total. The smallest absolute Gasteiger partial charge is 0.408 e. The van der Waals surface area contributed by atoms with Crippen molar-refractivity contribution >= 4 is 11.1 Å². The van der Waals surface area contributed by atoms with E-state index in [2.05, 4.69) is 0 Å². The Hall–Kier alpha value is -1.59. The van der Waals surface area contributed by atoms with Gasteiger partial charge in [-0.25, -0.2) is 9.36 Å². The van der Waals surface area contributed by atoms with E-state index < -0.39 is 12.2 Å². The van der Waals surface area contributed by atoms with E-state index in [1.54, 1.807) is 6.07 Å². The van der Waals surface area contributed by atoms with Crippen LogP contribution in [0.5, 0.6) is 0 Å². The van der Waals surface area contributed by atoms with Crippen LogP contribution in [0, 0.1) is 6.92 Å². The number of hydrogen-bond donors (Lipinski definition) is 0. The van der Waals surface area contributed by atoms with Crippen LogP contribution in [0.25, 0.3) is 11.1 Å². The number of aromatic nitrogens is 1. The number of fused-ring (bicyclic) bond motifs is 1. The van der Waals surface area contributed by atoms with E-state index in [4.69, 9.17) is 13.9 Å². The summed E-state index contributed by atoms with van der Waals surface area (Å²) >= 11 is 0. The van der Waals surface area contributed by atoms with Gasteiger partial charge in [0, 0.05) is 0 Å². The molecule has 2 heterocycles. The minimum Gasteiger partial charge on any atom is -0.408 e. The second-order valence-corrected chi connectivity index (χ2v) is 3.71. The maximum atomic E-state index is 11.7. The monoisotopic (exact) mass is 221 g/mol. The molecule has 3 rings (SSSR count). The molecular weight excluding hydrogens is 210 g/mol. The van der Waals surface area contributed by atoms with Crippen LogP contribution in [0.2, 0.25) is 0 Å². The number of ether oxygens (including phenoxy) is 2. The minimum absolute atomic E-state index is 0.448. The van der Waals surface area contributed by atoms with Gasteiger partial charge >= 0.3 is 5.76 Å². The minimum atomic E-state index is -0.658. The number of para-hydroxylation sites is 1. The summed E-state index contributed by atoms with van der Waals surface area (Å²) in [5.41, 5.74) is 2.26. The maximum absolute atomic E-state index is 11.7. The zero-order chi connectivity index (χ0) is 11.1. The number of hydrogen-bond acceptors (Lipinski definition) is 4. The first-order valence-electron chi connectivity index (χ1n) is 5.11. The molecule has 1 aromatic heterocycles. The molecule has 1 aromatic carbocycles. The van der Waals surface area contributed by atoms with Gasteiger partial charge < -0.3 is 13.9 Å². The summed E-state index contributed by atoms with van der Waals surface area (Å²) in [6.45, 7) is 2.91. The van der Waals surface area contributed by atoms with E-state index in [1.165, 1.54) is 4.57 Å². The highest BCUT2D eigenvalue weighted by atomic mass is 16.7. The molecule has 0 spiro atoms. The highest BCUT2D eigenvalue weighted by Crippen LogP contribution is 2.23. The van der Waals surface area contributed by atoms with Crippen molar-refractivity contribution in [2.75, 3.05) is 13.2 Å². The van der Waals surface area contributed by atoms with Gasteiger partial charge in [-0.1, -0.05) is 12.1 Å². The lowest BCUT2D eigenvalue weighted by molar-refractivity contribution is -0.102. The standard InChI is InChI=1S/C11H11NO4/c1-7-3-2-4-8-9(7)12(10(13)16-8)11-14-5-6-15-11/h2-4,11H,5-6H2,1H3. The van der Waals surface area contributed by atoms with Crippen LogP contribution in [0.15, 0.2) is 27.4 Å². The van der Waals surface area contributed by atoms with Crippen LogP contribution in [-0.4, -0.2) is 17.8 Å². The lowest BCUT2D eigenvalue weighted by Crippen LogP contribution is -2.21. The largest absolute Gasteiger partial charge is 0.424 e. The summed E-state index contributed by atoms with van der Waals surface area (Å²) < 4.78 is 17.2. The molecule has 0 atom stereocenters. The molecule has 0 radical (unpaired) electrons. The Kier molecular flexibility index (Phi) is 2.08. The number of oxazole rings is 1. The van der Waals surface area contributed by atoms with Crippen LogP contribution >= 0.6 is 0 Å². The summed E-state index contributed by atoms with van der Waals surface area (Å²) in [4.78, 5) is 11.7. The van der Waals surface area contributed by atoms with Crippen molar-refractivity contribution in [3.63, 3.8) is 0 Å². The van der Waals surface area contributed by atoms with Gasteiger partial charge in [0.15, 0.2) is 5.58 Å². The average molecular weight is 221 g/mol. The third-order valence-electron chi connectivity index (χ3n) is 2.65. The van der Waals surface area contributed by atoms with E-state index in [-0.39, 0.29) is 0 Å². The Bertz CT molecular complexity index is 577. The lowest BCUT2D eigenvalue weighted by Gasteiger charge is -2.10. The molecule has 0 unspecified atom stereocenters. The molecule has 1 saturated heterocycles. The third kappa shape index (κ3) is 1.29. The number of benzene rings is 1. The topological polar surface area (TPSA) is 53.6 Å². The Morgan fingerprint density at radius 2 is 2.06 bits per heavy atom. The first kappa shape index (κ1) is 9.62. The predicted octanol–water partition coefficient (Wildman–Crippen LogP) is 1.41. The van der Waals surface area contributed by atoms with E-state index >= 15 is 0 Å². The summed E-state index contributed by atoms with van der Waals surface area (Å²) in [6, 6.07) is 5.53. The summed E-state index contributed by atoms with van der Waals surface area (Å²) in [6.07, 6.45) is -0.658. The first-order chi connectivity index (χ1) is 7.77. The van der Waals surface area contributed by atoms with E-state index in [0.29, 0.717) is 18.8 Å². The maximum Gasteiger partial charge on any atom is 0.424 e. The predicted molar refractivity (Wildman–Crippen MR) is 56.2 cm³/mol. The molecule has 5 heteroatoms. The molecule has 84 valence electrons. The van der Waals surface area contributed by atoms with Crippen molar-refractivity contribution in [3.8, 4) is 0 Å². The first-order valence-corrected chi connectivity index (χ1v) is 5.11. The number of rotatable bonds is 1. The fraction of sp³-hybridized carbons (Fsp3) is 0.364. The highest BCUT2D eigenvalue weighted by Gasteiger charge is 2.24. The Balaban J connectivity index is 2.29. The van der Waals surface area contributed by atoms with Crippen LogP contribution in [-0.2, 0) is 9.47 Å². The quantitative estimate of drug-likeness (QED) is 0.730. The summed E-state index contributed by atoms with van der Waals surface area (Å²) in [5.74, 6) is -0.448. The van der Waals surface area contributed by atoms with Crippen molar-refractivity contribution < 1.29 is 13.9 Å². The van der Waals surface area contributed by atoms with Crippen molar-refractivity contribution in [2.24, 2.45) is 0 Å². The Morgan fingerprint density at radius 3 is 2.81 bits per heavy atom. The van der Waals surface area contributed by atoms with Crippen molar-refractivity contribution in [3.05, 3.63) is 34.3 Å². The fourth-order valence-corrected chi connectivity index (χ4v) is 1.94. The zero-order valence-electron chi connectivity index (χ0n) is 8.80. The average Bonchev–Trinajstić information content (AvgIpc) is 2.84. The normalized spacial score (nSPS) is 17.3. The second-order valence-electron chi connectivity index (χ2n) is 3.71. The molecule has 1 aliphatic heterocycles. The Labute approximate surface area is 91.2 Å². The summed E-state index contributed by atoms with van der Waals surface area (Å²) in [5, 5.41) is 0. The number of aryl methyl sites for hydroxylation is 1. The SMILES string of the molecule is Cc1cccc2oc(=O)n(C3OCCO3)c12. The Morgan fingerprint density at radius 1 is 1.31 bits per heavy atom. The highest BCUT2D eigenvalue weighted by molar-refractivity contribution is 5.76. The summed E-state index contributed by atoms with van der Waals surface area (Å²) in [7, 11) is 0. The molecule has 0 amide bonds. The molecule has 1 fully saturated rings. The molecule has 0 bridgehead atoms. The van der Waals surface area contributed by atoms with Gasteiger partial charge in [-0.05, 0) is 18.6 Å². The molecule has 1 aliphatic rings. The molecule has 5 nitrogen and oxygen atoms in total. The molecule has 0 saturated carbocycles. The number of nitrogens with zero attached hydrogens (tertiary/aromatic N) is 1. The second kappa shape index (κ2) is 3.47.